The van der Waals surface area contributed by atoms with Crippen molar-refractivity contribution in [2.24, 2.45) is 0 Å². The molecule has 1 heterocycles. The molecule has 0 spiro atoms. The highest BCUT2D eigenvalue weighted by Crippen LogP contribution is 2.20. The number of aromatic nitrogens is 1. The second-order valence-corrected chi connectivity index (χ2v) is 6.17. The topological polar surface area (TPSA) is 55.1 Å². The minimum Gasteiger partial charge on any atom is -0.360 e. The first kappa shape index (κ1) is 15.6. The molecule has 0 aliphatic carbocycles. The van der Waals surface area contributed by atoms with Gasteiger partial charge in [-0.15, -0.1) is 11.8 Å². The van der Waals surface area contributed by atoms with Gasteiger partial charge in [-0.25, -0.2) is 4.39 Å². The summed E-state index contributed by atoms with van der Waals surface area (Å²) in [5.41, 5.74) is 1.83. The van der Waals surface area contributed by atoms with Gasteiger partial charge in [0, 0.05) is 11.8 Å². The van der Waals surface area contributed by atoms with Gasteiger partial charge in [-0.05, 0) is 38.5 Å². The van der Waals surface area contributed by atoms with Gasteiger partial charge in [0.25, 0.3) is 0 Å². The number of nitrogens with one attached hydrogen (secondary N) is 1. The molecular weight excluding hydrogens is 291 g/mol. The second-order valence-electron chi connectivity index (χ2n) is 4.84. The molecule has 0 saturated carbocycles. The molecule has 4 nitrogen and oxygen atoms in total. The van der Waals surface area contributed by atoms with Gasteiger partial charge in [-0.2, -0.15) is 0 Å². The molecule has 2 aromatic rings. The zero-order chi connectivity index (χ0) is 15.4. The predicted octanol–water partition coefficient (Wildman–Crippen LogP) is 3.69. The van der Waals surface area contributed by atoms with Crippen LogP contribution in [-0.2, 0) is 10.5 Å². The number of hydrogen-bond acceptors (Lipinski definition) is 4. The van der Waals surface area contributed by atoms with E-state index in [-0.39, 0.29) is 17.0 Å². The summed E-state index contributed by atoms with van der Waals surface area (Å²) in [7, 11) is 0. The molecule has 0 unspecified atom stereocenters. The molecule has 112 valence electrons. The predicted molar refractivity (Wildman–Crippen MR) is 81.8 cm³/mol. The highest BCUT2D eigenvalue weighted by atomic mass is 32.2. The Bertz CT molecular complexity index is 642. The van der Waals surface area contributed by atoms with E-state index in [9.17, 15) is 9.18 Å². The summed E-state index contributed by atoms with van der Waals surface area (Å²) < 4.78 is 18.5. The third kappa shape index (κ3) is 4.32. The van der Waals surface area contributed by atoms with Crippen molar-refractivity contribution < 1.29 is 13.7 Å². The molecule has 0 aliphatic heterocycles. The van der Waals surface area contributed by atoms with E-state index in [2.05, 4.69) is 10.5 Å². The molecule has 6 heteroatoms. The van der Waals surface area contributed by atoms with Gasteiger partial charge in [-0.1, -0.05) is 11.2 Å². The van der Waals surface area contributed by atoms with Crippen LogP contribution in [0.15, 0.2) is 28.8 Å². The number of hydrogen-bond donors (Lipinski definition) is 1. The number of aryl methyl sites for hydroxylation is 2. The Morgan fingerprint density at radius 3 is 2.81 bits per heavy atom. The largest absolute Gasteiger partial charge is 0.360 e. The van der Waals surface area contributed by atoms with Crippen molar-refractivity contribution in [2.45, 2.75) is 31.8 Å². The first-order valence-electron chi connectivity index (χ1n) is 6.56. The summed E-state index contributed by atoms with van der Waals surface area (Å²) in [5.74, 6) is 0.806. The molecule has 1 atom stereocenters. The van der Waals surface area contributed by atoms with E-state index in [1.165, 1.54) is 17.8 Å². The fourth-order valence-corrected chi connectivity index (χ4v) is 2.44. The Labute approximate surface area is 127 Å². The lowest BCUT2D eigenvalue weighted by Gasteiger charge is -2.11. The van der Waals surface area contributed by atoms with Crippen LogP contribution in [0.4, 0.5) is 10.1 Å². The Morgan fingerprint density at radius 2 is 2.19 bits per heavy atom. The molecule has 0 aliphatic rings. The molecule has 1 aromatic carbocycles. The maximum atomic E-state index is 13.4. The Hall–Kier alpha value is -1.82. The summed E-state index contributed by atoms with van der Waals surface area (Å²) in [6, 6.07) is 6.49. The number of rotatable bonds is 5. The number of carbonyl (C=O) groups is 1. The third-order valence-electron chi connectivity index (χ3n) is 2.96. The lowest BCUT2D eigenvalue weighted by Crippen LogP contribution is -2.22. The van der Waals surface area contributed by atoms with Gasteiger partial charge < -0.3 is 9.84 Å². The minimum atomic E-state index is -0.328. The molecular formula is C15H17FN2O2S. The standard InChI is InChI=1S/C15H17FN2O2S/c1-9-4-5-12(7-14(9)16)17-15(19)11(3)21-8-13-6-10(2)18-20-13/h4-7,11H,8H2,1-3H3,(H,17,19)/t11-/m1/s1. The van der Waals surface area contributed by atoms with Crippen molar-refractivity contribution >= 4 is 23.4 Å². The summed E-state index contributed by atoms with van der Waals surface area (Å²) in [5, 5.41) is 6.22. The van der Waals surface area contributed by atoms with E-state index < -0.39 is 0 Å². The van der Waals surface area contributed by atoms with Crippen molar-refractivity contribution in [3.63, 3.8) is 0 Å². The van der Waals surface area contributed by atoms with E-state index in [0.29, 0.717) is 17.0 Å². The van der Waals surface area contributed by atoms with Crippen molar-refractivity contribution in [1.82, 2.24) is 5.16 Å². The number of amides is 1. The van der Waals surface area contributed by atoms with E-state index in [1.54, 1.807) is 26.0 Å². The van der Waals surface area contributed by atoms with E-state index >= 15 is 0 Å². The number of carbonyl (C=O) groups excluding carboxylic acids is 1. The number of anilines is 1. The molecule has 21 heavy (non-hydrogen) atoms. The monoisotopic (exact) mass is 308 g/mol. The van der Waals surface area contributed by atoms with Gasteiger partial charge in [0.05, 0.1) is 16.7 Å². The molecule has 0 saturated heterocycles. The van der Waals surface area contributed by atoms with Crippen LogP contribution >= 0.6 is 11.8 Å². The number of nitrogens with zero attached hydrogens (tertiary/aromatic N) is 1. The fraction of sp³-hybridized carbons (Fsp3) is 0.333. The van der Waals surface area contributed by atoms with Crippen molar-refractivity contribution in [3.8, 4) is 0 Å². The maximum absolute atomic E-state index is 13.4. The molecule has 0 bridgehead atoms. The first-order chi connectivity index (χ1) is 9.95. The second kappa shape index (κ2) is 6.76. The molecule has 1 amide bonds. The molecule has 2 rings (SSSR count). The third-order valence-corrected chi connectivity index (χ3v) is 4.13. The summed E-state index contributed by atoms with van der Waals surface area (Å²) in [4.78, 5) is 12.0. The summed E-state index contributed by atoms with van der Waals surface area (Å²) >= 11 is 1.44. The number of benzene rings is 1. The highest BCUT2D eigenvalue weighted by Gasteiger charge is 2.15. The zero-order valence-electron chi connectivity index (χ0n) is 12.1. The molecule has 0 radical (unpaired) electrons. The summed E-state index contributed by atoms with van der Waals surface area (Å²) in [6.07, 6.45) is 0. The van der Waals surface area contributed by atoms with Crippen molar-refractivity contribution in [2.75, 3.05) is 5.32 Å². The molecule has 1 aromatic heterocycles. The average Bonchev–Trinajstić information content (AvgIpc) is 2.86. The minimum absolute atomic E-state index is 0.167. The Balaban J connectivity index is 1.88. The van der Waals surface area contributed by atoms with Gasteiger partial charge in [0.15, 0.2) is 0 Å². The quantitative estimate of drug-likeness (QED) is 0.915. The van der Waals surface area contributed by atoms with E-state index in [1.807, 2.05) is 13.0 Å². The van der Waals surface area contributed by atoms with Crippen molar-refractivity contribution in [1.29, 1.82) is 0 Å². The highest BCUT2D eigenvalue weighted by molar-refractivity contribution is 7.99. The van der Waals surface area contributed by atoms with Gasteiger partial charge in [0.1, 0.15) is 11.6 Å². The maximum Gasteiger partial charge on any atom is 0.237 e. The smallest absolute Gasteiger partial charge is 0.237 e. The normalized spacial score (nSPS) is 12.2. The Morgan fingerprint density at radius 1 is 1.43 bits per heavy atom. The molecule has 1 N–H and O–H groups in total. The van der Waals surface area contributed by atoms with Crippen LogP contribution < -0.4 is 5.32 Å². The van der Waals surface area contributed by atoms with Crippen LogP contribution in [0.25, 0.3) is 0 Å². The number of halogens is 1. The van der Waals surface area contributed by atoms with Gasteiger partial charge in [0.2, 0.25) is 5.91 Å². The van der Waals surface area contributed by atoms with Crippen LogP contribution in [-0.4, -0.2) is 16.3 Å². The first-order valence-corrected chi connectivity index (χ1v) is 7.61. The van der Waals surface area contributed by atoms with Crippen LogP contribution in [0.3, 0.4) is 0 Å². The number of thioether (sulfide) groups is 1. The van der Waals surface area contributed by atoms with Crippen LogP contribution in [0.5, 0.6) is 0 Å². The summed E-state index contributed by atoms with van der Waals surface area (Å²) in [6.45, 7) is 5.33. The van der Waals surface area contributed by atoms with Gasteiger partial charge >= 0.3 is 0 Å². The SMILES string of the molecule is Cc1cc(CS[C@H](C)C(=O)Nc2ccc(C)c(F)c2)on1. The van der Waals surface area contributed by atoms with E-state index in [4.69, 9.17) is 4.52 Å². The van der Waals surface area contributed by atoms with Crippen LogP contribution in [0, 0.1) is 19.7 Å². The van der Waals surface area contributed by atoms with Crippen LogP contribution in [0.1, 0.15) is 23.9 Å². The average molecular weight is 308 g/mol. The zero-order valence-corrected chi connectivity index (χ0v) is 13.0. The Kier molecular flexibility index (Phi) is 5.01. The van der Waals surface area contributed by atoms with Crippen LogP contribution in [0.2, 0.25) is 0 Å². The fourth-order valence-electron chi connectivity index (χ4n) is 1.68. The van der Waals surface area contributed by atoms with Gasteiger partial charge in [-0.3, -0.25) is 4.79 Å². The van der Waals surface area contributed by atoms with Crippen molar-refractivity contribution in [3.05, 3.63) is 47.1 Å². The van der Waals surface area contributed by atoms with E-state index in [0.717, 1.165) is 11.5 Å². The lowest BCUT2D eigenvalue weighted by molar-refractivity contribution is -0.115. The molecule has 0 fully saturated rings. The lowest BCUT2D eigenvalue weighted by atomic mass is 10.2.